The van der Waals surface area contributed by atoms with Gasteiger partial charge in [-0.25, -0.2) is 8.78 Å². The fourth-order valence-electron chi connectivity index (χ4n) is 1.81. The Kier molecular flexibility index (Phi) is 4.45. The second-order valence-electron chi connectivity index (χ2n) is 3.93. The van der Waals surface area contributed by atoms with Gasteiger partial charge in [0.25, 0.3) is 0 Å². The van der Waals surface area contributed by atoms with Crippen molar-refractivity contribution < 1.29 is 13.9 Å². The van der Waals surface area contributed by atoms with Crippen LogP contribution in [0.1, 0.15) is 17.2 Å². The van der Waals surface area contributed by atoms with Gasteiger partial charge < -0.3 is 5.11 Å². The molecule has 1 nitrogen and oxygen atoms in total. The highest BCUT2D eigenvalue weighted by molar-refractivity contribution is 7.98. The number of thioether (sulfide) groups is 1. The molecule has 1 N–H and O–H groups in total. The summed E-state index contributed by atoms with van der Waals surface area (Å²) in [5.74, 6) is -2.06. The lowest BCUT2D eigenvalue weighted by Crippen LogP contribution is -2.03. The molecule has 1 atom stereocenters. The Morgan fingerprint density at radius 1 is 1.11 bits per heavy atom. The molecule has 0 heterocycles. The normalized spacial score (nSPS) is 12.5. The summed E-state index contributed by atoms with van der Waals surface area (Å²) >= 11 is 7.33. The van der Waals surface area contributed by atoms with E-state index in [1.165, 1.54) is 11.8 Å². The second kappa shape index (κ2) is 5.90. The van der Waals surface area contributed by atoms with Gasteiger partial charge >= 0.3 is 0 Å². The molecule has 2 aromatic carbocycles. The van der Waals surface area contributed by atoms with Crippen molar-refractivity contribution in [2.75, 3.05) is 6.26 Å². The van der Waals surface area contributed by atoms with Crippen LogP contribution in [-0.4, -0.2) is 11.4 Å². The molecule has 0 radical (unpaired) electrons. The first-order valence-corrected chi connectivity index (χ1v) is 7.10. The molecule has 2 rings (SSSR count). The van der Waals surface area contributed by atoms with Crippen molar-refractivity contribution in [1.29, 1.82) is 0 Å². The minimum Gasteiger partial charge on any atom is -0.384 e. The van der Waals surface area contributed by atoms with Crippen LogP contribution < -0.4 is 0 Å². The molecule has 1 unspecified atom stereocenters. The molecule has 0 aliphatic heterocycles. The third-order valence-electron chi connectivity index (χ3n) is 2.77. The minimum absolute atomic E-state index is 0.00214. The van der Waals surface area contributed by atoms with Crippen molar-refractivity contribution in [2.24, 2.45) is 0 Å². The van der Waals surface area contributed by atoms with Crippen LogP contribution in [0.5, 0.6) is 0 Å². The fourth-order valence-corrected chi connectivity index (χ4v) is 2.69. The molecule has 0 aromatic heterocycles. The average molecular weight is 301 g/mol. The minimum atomic E-state index is -1.09. The monoisotopic (exact) mass is 300 g/mol. The zero-order chi connectivity index (χ0) is 14.0. The number of hydrogen-bond donors (Lipinski definition) is 1. The highest BCUT2D eigenvalue weighted by atomic mass is 35.5. The summed E-state index contributed by atoms with van der Waals surface area (Å²) in [6.07, 6.45) is 0.782. The topological polar surface area (TPSA) is 20.2 Å². The quantitative estimate of drug-likeness (QED) is 0.669. The Balaban J connectivity index is 2.50. The molecule has 5 heteroatoms. The van der Waals surface area contributed by atoms with E-state index < -0.39 is 17.7 Å². The SMILES string of the molecule is CSc1ccccc1C(O)c1cc(F)c(F)cc1Cl. The van der Waals surface area contributed by atoms with E-state index in [-0.39, 0.29) is 10.6 Å². The van der Waals surface area contributed by atoms with Gasteiger partial charge in [0.1, 0.15) is 6.10 Å². The van der Waals surface area contributed by atoms with Gasteiger partial charge in [0.15, 0.2) is 11.6 Å². The van der Waals surface area contributed by atoms with Crippen LogP contribution in [0.4, 0.5) is 8.78 Å². The van der Waals surface area contributed by atoms with Gasteiger partial charge in [0, 0.05) is 15.5 Å². The molecule has 100 valence electrons. The van der Waals surface area contributed by atoms with Gasteiger partial charge in [-0.15, -0.1) is 11.8 Å². The largest absolute Gasteiger partial charge is 0.384 e. The van der Waals surface area contributed by atoms with E-state index in [4.69, 9.17) is 11.6 Å². The predicted octanol–water partition coefficient (Wildman–Crippen LogP) is 4.42. The highest BCUT2D eigenvalue weighted by Crippen LogP contribution is 2.34. The first kappa shape index (κ1) is 14.3. The third-order valence-corrected chi connectivity index (χ3v) is 3.91. The van der Waals surface area contributed by atoms with Crippen LogP contribution in [0.3, 0.4) is 0 Å². The smallest absolute Gasteiger partial charge is 0.160 e. The van der Waals surface area contributed by atoms with Crippen LogP contribution in [-0.2, 0) is 0 Å². The van der Waals surface area contributed by atoms with Crippen LogP contribution in [0.15, 0.2) is 41.3 Å². The van der Waals surface area contributed by atoms with Gasteiger partial charge in [-0.1, -0.05) is 29.8 Å². The number of hydrogen-bond acceptors (Lipinski definition) is 2. The molecule has 0 saturated heterocycles. The fraction of sp³-hybridized carbons (Fsp3) is 0.143. The first-order chi connectivity index (χ1) is 9.04. The number of benzene rings is 2. The molecular weight excluding hydrogens is 290 g/mol. The van der Waals surface area contributed by atoms with Crippen molar-refractivity contribution in [3.8, 4) is 0 Å². The van der Waals surface area contributed by atoms with Gasteiger partial charge in [-0.3, -0.25) is 0 Å². The lowest BCUT2D eigenvalue weighted by atomic mass is 10.0. The zero-order valence-corrected chi connectivity index (χ0v) is 11.6. The van der Waals surface area contributed by atoms with Gasteiger partial charge in [0.2, 0.25) is 0 Å². The Morgan fingerprint density at radius 3 is 2.42 bits per heavy atom. The van der Waals surface area contributed by atoms with E-state index in [0.717, 1.165) is 17.0 Å². The first-order valence-electron chi connectivity index (χ1n) is 5.50. The van der Waals surface area contributed by atoms with Crippen molar-refractivity contribution in [2.45, 2.75) is 11.0 Å². The van der Waals surface area contributed by atoms with Gasteiger partial charge in [-0.2, -0.15) is 0 Å². The predicted molar refractivity (Wildman–Crippen MR) is 73.7 cm³/mol. The summed E-state index contributed by atoms with van der Waals surface area (Å²) in [7, 11) is 0. The maximum absolute atomic E-state index is 13.3. The molecule has 0 fully saturated rings. The van der Waals surface area contributed by atoms with Gasteiger partial charge in [0.05, 0.1) is 0 Å². The van der Waals surface area contributed by atoms with Crippen molar-refractivity contribution >= 4 is 23.4 Å². The maximum Gasteiger partial charge on any atom is 0.160 e. The lowest BCUT2D eigenvalue weighted by molar-refractivity contribution is 0.216. The Hall–Kier alpha value is -1.10. The Bertz CT molecular complexity index is 604. The van der Waals surface area contributed by atoms with E-state index >= 15 is 0 Å². The Labute approximate surface area is 119 Å². The Morgan fingerprint density at radius 2 is 1.74 bits per heavy atom. The average Bonchev–Trinajstić information content (AvgIpc) is 2.42. The van der Waals surface area contributed by atoms with E-state index in [0.29, 0.717) is 5.56 Å². The molecule has 0 amide bonds. The molecule has 0 saturated carbocycles. The second-order valence-corrected chi connectivity index (χ2v) is 5.19. The maximum atomic E-state index is 13.3. The lowest BCUT2D eigenvalue weighted by Gasteiger charge is -2.16. The van der Waals surface area contributed by atoms with Crippen LogP contribution in [0.2, 0.25) is 5.02 Å². The molecule has 2 aromatic rings. The van der Waals surface area contributed by atoms with E-state index in [2.05, 4.69) is 0 Å². The van der Waals surface area contributed by atoms with Crippen LogP contribution >= 0.6 is 23.4 Å². The summed E-state index contributed by atoms with van der Waals surface area (Å²) in [4.78, 5) is 0.857. The third kappa shape index (κ3) is 2.91. The molecule has 0 aliphatic rings. The molecule has 0 aliphatic carbocycles. The summed E-state index contributed by atoms with van der Waals surface area (Å²) in [6, 6.07) is 8.99. The molecular formula is C14H11ClF2OS. The van der Waals surface area contributed by atoms with Crippen molar-refractivity contribution in [3.05, 3.63) is 64.2 Å². The number of rotatable bonds is 3. The van der Waals surface area contributed by atoms with Gasteiger partial charge in [-0.05, 0) is 30.0 Å². The van der Waals surface area contributed by atoms with Crippen LogP contribution in [0.25, 0.3) is 0 Å². The molecule has 0 bridgehead atoms. The molecule has 19 heavy (non-hydrogen) atoms. The number of aliphatic hydroxyl groups is 1. The van der Waals surface area contributed by atoms with E-state index in [9.17, 15) is 13.9 Å². The van der Waals surface area contributed by atoms with Crippen LogP contribution in [0, 0.1) is 11.6 Å². The summed E-state index contributed by atoms with van der Waals surface area (Å²) in [5.41, 5.74) is 0.768. The summed E-state index contributed by atoms with van der Waals surface area (Å²) in [5, 5.41) is 10.3. The highest BCUT2D eigenvalue weighted by Gasteiger charge is 2.19. The van der Waals surface area contributed by atoms with E-state index in [1.54, 1.807) is 12.1 Å². The van der Waals surface area contributed by atoms with Crippen molar-refractivity contribution in [1.82, 2.24) is 0 Å². The number of aliphatic hydroxyl groups excluding tert-OH is 1. The van der Waals surface area contributed by atoms with E-state index in [1.807, 2.05) is 18.4 Å². The zero-order valence-electron chi connectivity index (χ0n) is 10.0. The number of halogens is 3. The summed E-state index contributed by atoms with van der Waals surface area (Å²) in [6.45, 7) is 0. The summed E-state index contributed by atoms with van der Waals surface area (Å²) < 4.78 is 26.3. The molecule has 0 spiro atoms. The standard InChI is InChI=1S/C14H11ClF2OS/c1-19-13-5-3-2-4-8(13)14(18)9-6-11(16)12(17)7-10(9)15/h2-7,14,18H,1H3. The van der Waals surface area contributed by atoms with Crippen molar-refractivity contribution in [3.63, 3.8) is 0 Å².